The van der Waals surface area contributed by atoms with Gasteiger partial charge >= 0.3 is 11.8 Å². The molecule has 0 aliphatic carbocycles. The minimum absolute atomic E-state index is 0.0782. The summed E-state index contributed by atoms with van der Waals surface area (Å²) in [6.45, 7) is 0. The Balaban J connectivity index is 2.01. The topological polar surface area (TPSA) is 101 Å². The van der Waals surface area contributed by atoms with Crippen molar-refractivity contribution in [3.8, 4) is 0 Å². The highest BCUT2D eigenvalue weighted by atomic mass is 19.1. The van der Waals surface area contributed by atoms with E-state index in [1.54, 1.807) is 12.1 Å². The van der Waals surface area contributed by atoms with Crippen molar-refractivity contribution in [2.45, 2.75) is 0 Å². The van der Waals surface area contributed by atoms with Crippen LogP contribution in [0.1, 0.15) is 10.4 Å². The van der Waals surface area contributed by atoms with Crippen LogP contribution in [-0.2, 0) is 9.59 Å². The van der Waals surface area contributed by atoms with Gasteiger partial charge in [0.15, 0.2) is 0 Å². The van der Waals surface area contributed by atoms with Crippen LogP contribution in [0.5, 0.6) is 0 Å². The van der Waals surface area contributed by atoms with Gasteiger partial charge in [-0.25, -0.2) is 4.39 Å². The second-order valence-electron chi connectivity index (χ2n) is 4.33. The van der Waals surface area contributed by atoms with E-state index < -0.39 is 23.5 Å². The van der Waals surface area contributed by atoms with Gasteiger partial charge in [0.05, 0.1) is 5.56 Å². The Morgan fingerprint density at radius 3 is 2.36 bits per heavy atom. The Hall–Kier alpha value is -3.22. The van der Waals surface area contributed by atoms with Crippen molar-refractivity contribution < 1.29 is 18.8 Å². The summed E-state index contributed by atoms with van der Waals surface area (Å²) in [5.74, 6) is -3.62. The number of hydrogen-bond donors (Lipinski definition) is 3. The summed E-state index contributed by atoms with van der Waals surface area (Å²) in [5.41, 5.74) is 5.96. The number of nitrogen functional groups attached to an aromatic ring is 1. The van der Waals surface area contributed by atoms with E-state index in [0.29, 0.717) is 0 Å². The zero-order valence-electron chi connectivity index (χ0n) is 11.3. The number of hydrogen-bond acceptors (Lipinski definition) is 4. The average Bonchev–Trinajstić information content (AvgIpc) is 2.47. The minimum atomic E-state index is -1.17. The highest BCUT2D eigenvalue weighted by Crippen LogP contribution is 2.10. The molecule has 0 heterocycles. The maximum atomic E-state index is 13.0. The van der Waals surface area contributed by atoms with Crippen molar-refractivity contribution in [3.63, 3.8) is 0 Å². The van der Waals surface area contributed by atoms with Crippen molar-refractivity contribution in [2.75, 3.05) is 11.1 Å². The Morgan fingerprint density at radius 1 is 0.955 bits per heavy atom. The van der Waals surface area contributed by atoms with E-state index in [1.807, 2.05) is 5.32 Å². The molecule has 0 bridgehead atoms. The van der Waals surface area contributed by atoms with Crippen molar-refractivity contribution in [2.24, 2.45) is 0 Å². The quantitative estimate of drug-likeness (QED) is 0.575. The molecule has 0 spiro atoms. The average molecular weight is 301 g/mol. The normalized spacial score (nSPS) is 9.86. The first-order valence-electron chi connectivity index (χ1n) is 6.24. The Bertz CT molecular complexity index is 746. The molecule has 22 heavy (non-hydrogen) atoms. The smallest absolute Gasteiger partial charge is 0.316 e. The van der Waals surface area contributed by atoms with Gasteiger partial charge in [-0.1, -0.05) is 18.2 Å². The maximum absolute atomic E-state index is 13.0. The maximum Gasteiger partial charge on any atom is 0.316 e. The molecule has 7 heteroatoms. The summed E-state index contributed by atoms with van der Waals surface area (Å²) in [6, 6.07) is 11.1. The first-order chi connectivity index (χ1) is 10.5. The molecule has 0 aliphatic rings. The number of benzene rings is 2. The van der Waals surface area contributed by atoms with E-state index in [4.69, 9.17) is 5.73 Å². The van der Waals surface area contributed by atoms with E-state index in [1.165, 1.54) is 30.3 Å². The number of imide groups is 1. The summed E-state index contributed by atoms with van der Waals surface area (Å²) >= 11 is 0. The van der Waals surface area contributed by atoms with Crippen molar-refractivity contribution in [3.05, 3.63) is 59.9 Å². The standard InChI is InChI=1S/C15H12FN3O3/c16-9-4-3-5-10(8-9)18-14(21)15(22)19-13(20)11-6-1-2-7-12(11)17/h1-8H,17H2,(H,18,21)(H,19,20,22). The third-order valence-corrected chi connectivity index (χ3v) is 2.72. The molecule has 0 saturated carbocycles. The van der Waals surface area contributed by atoms with Crippen molar-refractivity contribution in [1.82, 2.24) is 5.32 Å². The Kier molecular flexibility index (Phi) is 4.47. The van der Waals surface area contributed by atoms with Gasteiger partial charge in [-0.3, -0.25) is 19.7 Å². The van der Waals surface area contributed by atoms with Crippen LogP contribution >= 0.6 is 0 Å². The first-order valence-corrected chi connectivity index (χ1v) is 6.24. The van der Waals surface area contributed by atoms with Gasteiger partial charge in [-0.2, -0.15) is 0 Å². The zero-order valence-corrected chi connectivity index (χ0v) is 11.3. The minimum Gasteiger partial charge on any atom is -0.398 e. The van der Waals surface area contributed by atoms with Gasteiger partial charge in [0.1, 0.15) is 5.82 Å². The zero-order chi connectivity index (χ0) is 16.1. The van der Waals surface area contributed by atoms with E-state index >= 15 is 0 Å². The predicted octanol–water partition coefficient (Wildman–Crippen LogP) is 1.30. The lowest BCUT2D eigenvalue weighted by molar-refractivity contribution is -0.135. The van der Waals surface area contributed by atoms with Crippen LogP contribution in [0.15, 0.2) is 48.5 Å². The van der Waals surface area contributed by atoms with E-state index in [9.17, 15) is 18.8 Å². The molecule has 3 amide bonds. The van der Waals surface area contributed by atoms with Gasteiger partial charge in [-0.05, 0) is 30.3 Å². The molecule has 112 valence electrons. The third-order valence-electron chi connectivity index (χ3n) is 2.72. The molecule has 0 fully saturated rings. The Labute approximate surface area is 125 Å². The van der Waals surface area contributed by atoms with Crippen LogP contribution in [0.4, 0.5) is 15.8 Å². The summed E-state index contributed by atoms with van der Waals surface area (Å²) in [4.78, 5) is 35.1. The lowest BCUT2D eigenvalue weighted by Crippen LogP contribution is -2.39. The van der Waals surface area contributed by atoms with Crippen LogP contribution in [0.25, 0.3) is 0 Å². The van der Waals surface area contributed by atoms with E-state index in [0.717, 1.165) is 6.07 Å². The lowest BCUT2D eigenvalue weighted by atomic mass is 10.1. The number of nitrogens with two attached hydrogens (primary N) is 1. The van der Waals surface area contributed by atoms with Gasteiger partial charge in [-0.15, -0.1) is 0 Å². The van der Waals surface area contributed by atoms with Crippen molar-refractivity contribution in [1.29, 1.82) is 0 Å². The second kappa shape index (κ2) is 6.49. The number of anilines is 2. The van der Waals surface area contributed by atoms with Gasteiger partial charge in [0.2, 0.25) is 0 Å². The van der Waals surface area contributed by atoms with Crippen LogP contribution in [0.2, 0.25) is 0 Å². The molecule has 2 rings (SSSR count). The molecule has 0 saturated heterocycles. The van der Waals surface area contributed by atoms with Crippen LogP contribution in [0, 0.1) is 5.82 Å². The van der Waals surface area contributed by atoms with Gasteiger partial charge in [0, 0.05) is 11.4 Å². The molecular formula is C15H12FN3O3. The number of carbonyl (C=O) groups is 3. The Morgan fingerprint density at radius 2 is 1.68 bits per heavy atom. The fourth-order valence-corrected chi connectivity index (χ4v) is 1.69. The van der Waals surface area contributed by atoms with Crippen LogP contribution < -0.4 is 16.4 Å². The lowest BCUT2D eigenvalue weighted by Gasteiger charge is -2.07. The fraction of sp³-hybridized carbons (Fsp3) is 0. The van der Waals surface area contributed by atoms with Gasteiger partial charge in [0.25, 0.3) is 5.91 Å². The predicted molar refractivity (Wildman–Crippen MR) is 78.4 cm³/mol. The molecule has 0 unspecified atom stereocenters. The monoisotopic (exact) mass is 301 g/mol. The number of rotatable bonds is 2. The largest absolute Gasteiger partial charge is 0.398 e. The summed E-state index contributed by atoms with van der Waals surface area (Å²) in [6.07, 6.45) is 0. The molecule has 2 aromatic carbocycles. The van der Waals surface area contributed by atoms with E-state index in [2.05, 4.69) is 5.32 Å². The number of para-hydroxylation sites is 1. The number of amides is 3. The highest BCUT2D eigenvalue weighted by Gasteiger charge is 2.19. The molecular weight excluding hydrogens is 289 g/mol. The third kappa shape index (κ3) is 3.66. The number of nitrogens with one attached hydrogen (secondary N) is 2. The van der Waals surface area contributed by atoms with Crippen LogP contribution in [-0.4, -0.2) is 17.7 Å². The molecule has 6 nitrogen and oxygen atoms in total. The number of carbonyl (C=O) groups excluding carboxylic acids is 3. The molecule has 2 aromatic rings. The van der Waals surface area contributed by atoms with Gasteiger partial charge < -0.3 is 11.1 Å². The summed E-state index contributed by atoms with van der Waals surface area (Å²) < 4.78 is 13.0. The molecule has 0 radical (unpaired) electrons. The molecule has 0 aliphatic heterocycles. The fourth-order valence-electron chi connectivity index (χ4n) is 1.69. The highest BCUT2D eigenvalue weighted by molar-refractivity contribution is 6.42. The number of halogens is 1. The second-order valence-corrected chi connectivity index (χ2v) is 4.33. The molecule has 0 atom stereocenters. The van der Waals surface area contributed by atoms with Crippen molar-refractivity contribution >= 4 is 29.1 Å². The summed E-state index contributed by atoms with van der Waals surface area (Å²) in [5, 5.41) is 4.09. The SMILES string of the molecule is Nc1ccccc1C(=O)NC(=O)C(=O)Nc1cccc(F)c1. The first kappa shape index (κ1) is 15.2. The summed E-state index contributed by atoms with van der Waals surface area (Å²) in [7, 11) is 0. The molecule has 4 N–H and O–H groups in total. The van der Waals surface area contributed by atoms with E-state index in [-0.39, 0.29) is 16.9 Å². The molecule has 0 aromatic heterocycles. The van der Waals surface area contributed by atoms with Crippen LogP contribution in [0.3, 0.4) is 0 Å².